The van der Waals surface area contributed by atoms with Gasteiger partial charge in [-0.1, -0.05) is 75.3 Å². The summed E-state index contributed by atoms with van der Waals surface area (Å²) in [4.78, 5) is 9.86. The van der Waals surface area contributed by atoms with E-state index < -0.39 is 23.9 Å². The normalized spacial score (nSPS) is 14.9. The number of unbranched alkanes of at least 4 members (excludes halogenated alkanes) is 8. The van der Waals surface area contributed by atoms with E-state index in [0.717, 1.165) is 31.9 Å². The van der Waals surface area contributed by atoms with Crippen LogP contribution in [-0.2, 0) is 34.8 Å². The Morgan fingerprint density at radius 1 is 0.865 bits per heavy atom. The maximum absolute atomic E-state index is 12.1. The number of benzene rings is 1. The molecule has 216 valence electrons. The van der Waals surface area contributed by atoms with Crippen molar-refractivity contribution < 1.29 is 36.1 Å². The molecule has 0 saturated heterocycles. The molecule has 2 atom stereocenters. The first-order valence-electron chi connectivity index (χ1n) is 13.4. The summed E-state index contributed by atoms with van der Waals surface area (Å²) >= 11 is 0. The topological polar surface area (TPSA) is 111 Å². The number of rotatable bonds is 23. The fourth-order valence-electron chi connectivity index (χ4n) is 3.71. The average Bonchev–Trinajstić information content (AvgIpc) is 2.79. The zero-order chi connectivity index (χ0) is 27.6. The van der Waals surface area contributed by atoms with Gasteiger partial charge in [-0.05, 0) is 24.8 Å². The highest BCUT2D eigenvalue weighted by atomic mass is 32.2. The third kappa shape index (κ3) is 21.8. The van der Waals surface area contributed by atoms with Crippen molar-refractivity contribution in [2.24, 2.45) is 0 Å². The van der Waals surface area contributed by atoms with Crippen LogP contribution in [0.4, 0.5) is 0 Å². The van der Waals surface area contributed by atoms with E-state index in [4.69, 9.17) is 13.8 Å². The number of ether oxygens (including phenoxy) is 1. The Bertz CT molecular complexity index is 863. The summed E-state index contributed by atoms with van der Waals surface area (Å²) < 4.78 is 53.9. The molecular weight excluding hydrogens is 515 g/mol. The van der Waals surface area contributed by atoms with Crippen molar-refractivity contribution in [1.29, 1.82) is 0 Å². The number of sulfonamides is 1. The number of aryl methyl sites for hydroxylation is 1. The minimum absolute atomic E-state index is 0.0478. The van der Waals surface area contributed by atoms with Crippen LogP contribution in [0.3, 0.4) is 0 Å². The van der Waals surface area contributed by atoms with Crippen LogP contribution in [-0.4, -0.2) is 84.2 Å². The van der Waals surface area contributed by atoms with Crippen LogP contribution >= 0.6 is 7.82 Å². The van der Waals surface area contributed by atoms with E-state index in [2.05, 4.69) is 35.1 Å². The Morgan fingerprint density at radius 3 is 2.00 bits per heavy atom. The molecule has 1 aromatic rings. The third-order valence-corrected chi connectivity index (χ3v) is 7.50. The molecule has 0 aromatic heterocycles. The second-order valence-corrected chi connectivity index (χ2v) is 13.9. The van der Waals surface area contributed by atoms with Crippen LogP contribution in [0.1, 0.15) is 63.4 Å². The predicted molar refractivity (Wildman–Crippen MR) is 149 cm³/mol. The van der Waals surface area contributed by atoms with Crippen molar-refractivity contribution in [3.63, 3.8) is 0 Å². The van der Waals surface area contributed by atoms with Crippen LogP contribution in [0.15, 0.2) is 30.3 Å². The maximum Gasteiger partial charge on any atom is 0.472 e. The first kappa shape index (κ1) is 34.2. The molecule has 0 spiro atoms. The number of nitrogens with zero attached hydrogens (tertiary/aromatic N) is 1. The molecule has 0 radical (unpaired) electrons. The largest absolute Gasteiger partial charge is 0.472 e. The van der Waals surface area contributed by atoms with Crippen molar-refractivity contribution in [3.8, 4) is 0 Å². The molecule has 0 saturated carbocycles. The molecule has 0 aliphatic rings. The van der Waals surface area contributed by atoms with Crippen molar-refractivity contribution in [3.05, 3.63) is 35.9 Å². The monoisotopic (exact) mass is 565 g/mol. The zero-order valence-corrected chi connectivity index (χ0v) is 25.0. The molecule has 0 bridgehead atoms. The molecule has 0 aliphatic carbocycles. The predicted octanol–water partition coefficient (Wildman–Crippen LogP) is 4.51. The lowest BCUT2D eigenvalue weighted by molar-refractivity contribution is -0.870. The number of nitrogens with one attached hydrogen (secondary N) is 1. The molecule has 0 aliphatic heterocycles. The van der Waals surface area contributed by atoms with Gasteiger partial charge in [-0.15, -0.1) is 0 Å². The van der Waals surface area contributed by atoms with E-state index in [1.165, 1.54) is 44.1 Å². The summed E-state index contributed by atoms with van der Waals surface area (Å²) in [6.45, 7) is 0.798. The second-order valence-electron chi connectivity index (χ2n) is 10.7. The molecule has 9 nitrogen and oxygen atoms in total. The van der Waals surface area contributed by atoms with Crippen LogP contribution in [0, 0.1) is 0 Å². The third-order valence-electron chi connectivity index (χ3n) is 5.75. The lowest BCUT2D eigenvalue weighted by Crippen LogP contribution is -2.41. The minimum Gasteiger partial charge on any atom is -0.380 e. The maximum atomic E-state index is 12.1. The quantitative estimate of drug-likeness (QED) is 0.114. The van der Waals surface area contributed by atoms with Crippen LogP contribution in [0.2, 0.25) is 0 Å². The summed E-state index contributed by atoms with van der Waals surface area (Å²) in [5, 5.41) is 0. The van der Waals surface area contributed by atoms with Crippen molar-refractivity contribution in [2.45, 2.75) is 70.3 Å². The van der Waals surface area contributed by atoms with Gasteiger partial charge in [0.15, 0.2) is 0 Å². The molecule has 37 heavy (non-hydrogen) atoms. The lowest BCUT2D eigenvalue weighted by Gasteiger charge is -2.24. The number of hydrogen-bond acceptors (Lipinski definition) is 6. The molecule has 1 rings (SSSR count). The van der Waals surface area contributed by atoms with Gasteiger partial charge in [0.2, 0.25) is 10.0 Å². The number of phosphoric acid groups is 1. The fraction of sp³-hybridized carbons (Fsp3) is 0.769. The summed E-state index contributed by atoms with van der Waals surface area (Å²) in [5.41, 5.74) is 1.42. The van der Waals surface area contributed by atoms with Crippen molar-refractivity contribution in [1.82, 2.24) is 4.72 Å². The Hall–Kier alpha value is -0.840. The van der Waals surface area contributed by atoms with Gasteiger partial charge in [0, 0.05) is 6.61 Å². The van der Waals surface area contributed by atoms with E-state index in [0.29, 0.717) is 17.6 Å². The van der Waals surface area contributed by atoms with E-state index in [1.54, 1.807) is 0 Å². The van der Waals surface area contributed by atoms with Gasteiger partial charge >= 0.3 is 7.82 Å². The van der Waals surface area contributed by atoms with Crippen LogP contribution in [0.25, 0.3) is 0 Å². The van der Waals surface area contributed by atoms with Gasteiger partial charge in [-0.2, -0.15) is 0 Å². The van der Waals surface area contributed by atoms with Crippen molar-refractivity contribution in [2.75, 3.05) is 60.4 Å². The molecule has 1 unspecified atom stereocenters. The van der Waals surface area contributed by atoms with Gasteiger partial charge < -0.3 is 14.1 Å². The Kier molecular flexibility index (Phi) is 17.0. The van der Waals surface area contributed by atoms with E-state index >= 15 is 0 Å². The van der Waals surface area contributed by atoms with Crippen molar-refractivity contribution >= 4 is 17.8 Å². The number of likely N-dealkylation sites (N-methyl/N-ethyl adjacent to an activating group) is 1. The standard InChI is InChI=1S/C26H49N2O7PS/c1-28(2,3)20-22-34-36(29,30)35-24-26(27-37(4,31)32)23-33-21-16-11-9-7-5-6-8-10-13-17-25-18-14-12-15-19-25/h12,14-15,18-19,26-27H,5-11,13,16-17,20-24H2,1-4H3/p+1/t26-/m1/s1. The van der Waals surface area contributed by atoms with Gasteiger partial charge in [-0.3, -0.25) is 9.05 Å². The molecule has 1 aromatic carbocycles. The molecule has 11 heteroatoms. The lowest BCUT2D eigenvalue weighted by atomic mass is 10.0. The zero-order valence-electron chi connectivity index (χ0n) is 23.3. The van der Waals surface area contributed by atoms with Gasteiger partial charge in [0.25, 0.3) is 0 Å². The SMILES string of the molecule is C[N+](C)(C)CCOP(=O)(O)OC[C@@H](COCCCCCCCCCCCc1ccccc1)NS(C)(=O)=O. The molecule has 0 heterocycles. The first-order valence-corrected chi connectivity index (χ1v) is 16.8. The molecule has 2 N–H and O–H groups in total. The smallest absolute Gasteiger partial charge is 0.380 e. The summed E-state index contributed by atoms with van der Waals surface area (Å²) in [6.07, 6.45) is 12.8. The summed E-state index contributed by atoms with van der Waals surface area (Å²) in [5.74, 6) is 0. The average molecular weight is 566 g/mol. The highest BCUT2D eigenvalue weighted by molar-refractivity contribution is 7.88. The van der Waals surface area contributed by atoms with Crippen LogP contribution in [0.5, 0.6) is 0 Å². The Balaban J connectivity index is 2.10. The molecule has 0 amide bonds. The van der Waals surface area contributed by atoms with Crippen LogP contribution < -0.4 is 4.72 Å². The number of quaternary nitrogens is 1. The van der Waals surface area contributed by atoms with E-state index in [1.807, 2.05) is 21.1 Å². The molecular formula is C26H50N2O7PS+. The number of hydrogen-bond donors (Lipinski definition) is 2. The highest BCUT2D eigenvalue weighted by Gasteiger charge is 2.25. The second kappa shape index (κ2) is 18.4. The summed E-state index contributed by atoms with van der Waals surface area (Å²) in [6, 6.07) is 9.86. The van der Waals surface area contributed by atoms with E-state index in [-0.39, 0.29) is 19.8 Å². The van der Waals surface area contributed by atoms with E-state index in [9.17, 15) is 17.9 Å². The van der Waals surface area contributed by atoms with Gasteiger partial charge in [-0.25, -0.2) is 17.7 Å². The fourth-order valence-corrected chi connectivity index (χ4v) is 5.21. The first-order chi connectivity index (χ1) is 17.4. The van der Waals surface area contributed by atoms with Gasteiger partial charge in [0.1, 0.15) is 13.2 Å². The van der Waals surface area contributed by atoms with Gasteiger partial charge in [0.05, 0.1) is 46.7 Å². The summed E-state index contributed by atoms with van der Waals surface area (Å²) in [7, 11) is -2.01. The Morgan fingerprint density at radius 2 is 1.43 bits per heavy atom. The number of phosphoric ester groups is 1. The highest BCUT2D eigenvalue weighted by Crippen LogP contribution is 2.43. The molecule has 0 fully saturated rings. The minimum atomic E-state index is -4.28. The Labute approximate surface area is 225 Å².